The quantitative estimate of drug-likeness (QED) is 0.840. The van der Waals surface area contributed by atoms with Gasteiger partial charge in [-0.25, -0.2) is 0 Å². The highest BCUT2D eigenvalue weighted by molar-refractivity contribution is 5.90. The van der Waals surface area contributed by atoms with E-state index in [1.54, 1.807) is 0 Å². The van der Waals surface area contributed by atoms with Gasteiger partial charge in [0.2, 0.25) is 6.54 Å². The Labute approximate surface area is 113 Å². The van der Waals surface area contributed by atoms with E-state index >= 15 is 0 Å². The molecule has 1 aromatic heterocycles. The maximum absolute atomic E-state index is 12.1. The van der Waals surface area contributed by atoms with Crippen LogP contribution in [0.1, 0.15) is 16.8 Å². The van der Waals surface area contributed by atoms with Gasteiger partial charge in [0.25, 0.3) is 5.91 Å². The molecule has 0 aliphatic rings. The molecule has 3 nitrogen and oxygen atoms in total. The molecule has 0 atom stereocenters. The molecular weight excluding hydrogens is 236 g/mol. The number of hydrogen-bond acceptors (Lipinski definition) is 1. The van der Waals surface area contributed by atoms with E-state index in [0.717, 1.165) is 22.5 Å². The number of carbonyl (C=O) groups is 1. The van der Waals surface area contributed by atoms with Crippen molar-refractivity contribution < 1.29 is 9.36 Å². The van der Waals surface area contributed by atoms with Crippen LogP contribution in [-0.2, 0) is 11.3 Å². The lowest BCUT2D eigenvalue weighted by atomic mass is 10.1. The van der Waals surface area contributed by atoms with Crippen molar-refractivity contribution in [1.29, 1.82) is 0 Å². The molecule has 1 heterocycles. The molecule has 2 aromatic rings. The summed E-state index contributed by atoms with van der Waals surface area (Å²) in [5.41, 5.74) is 4.18. The fourth-order valence-corrected chi connectivity index (χ4v) is 1.95. The molecule has 0 bridgehead atoms. The maximum atomic E-state index is 12.1. The van der Waals surface area contributed by atoms with Crippen LogP contribution < -0.4 is 9.88 Å². The van der Waals surface area contributed by atoms with Gasteiger partial charge >= 0.3 is 0 Å². The first-order valence-corrected chi connectivity index (χ1v) is 6.38. The molecule has 1 amide bonds. The normalized spacial score (nSPS) is 10.3. The van der Waals surface area contributed by atoms with Gasteiger partial charge in [0.05, 0.1) is 0 Å². The van der Waals surface area contributed by atoms with Crippen molar-refractivity contribution in [2.24, 2.45) is 0 Å². The summed E-state index contributed by atoms with van der Waals surface area (Å²) >= 11 is 0. The Morgan fingerprint density at radius 3 is 2.68 bits per heavy atom. The molecule has 19 heavy (non-hydrogen) atoms. The first kappa shape index (κ1) is 13.3. The number of aromatic nitrogens is 1. The van der Waals surface area contributed by atoms with Gasteiger partial charge in [-0.1, -0.05) is 18.2 Å². The van der Waals surface area contributed by atoms with E-state index in [2.05, 4.69) is 5.32 Å². The Morgan fingerprint density at radius 1 is 1.16 bits per heavy atom. The van der Waals surface area contributed by atoms with E-state index in [1.165, 1.54) is 0 Å². The van der Waals surface area contributed by atoms with E-state index in [9.17, 15) is 4.79 Å². The van der Waals surface area contributed by atoms with Crippen LogP contribution in [-0.4, -0.2) is 5.91 Å². The number of aryl methyl sites for hydroxylation is 3. The first-order chi connectivity index (χ1) is 9.06. The fraction of sp³-hybridized carbons (Fsp3) is 0.250. The molecule has 0 saturated carbocycles. The highest BCUT2D eigenvalue weighted by Crippen LogP contribution is 2.16. The standard InChI is InChI=1S/C16H18N2O/c1-12-7-8-13(2)15(10-12)17-16(19)11-18-9-5-4-6-14(18)3/h4-10H,11H2,1-3H3/p+1. The average Bonchev–Trinajstić information content (AvgIpc) is 2.37. The molecule has 0 spiro atoms. The number of benzene rings is 1. The Balaban J connectivity index is 2.10. The van der Waals surface area contributed by atoms with Crippen molar-refractivity contribution in [3.05, 3.63) is 59.4 Å². The predicted molar refractivity (Wildman–Crippen MR) is 75.9 cm³/mol. The second-order valence-electron chi connectivity index (χ2n) is 4.84. The lowest BCUT2D eigenvalue weighted by Gasteiger charge is -2.08. The number of hydrogen-bond donors (Lipinski definition) is 1. The monoisotopic (exact) mass is 255 g/mol. The lowest BCUT2D eigenvalue weighted by molar-refractivity contribution is -0.690. The molecule has 3 heteroatoms. The van der Waals surface area contributed by atoms with Gasteiger partial charge in [-0.3, -0.25) is 4.79 Å². The Morgan fingerprint density at radius 2 is 1.95 bits per heavy atom. The zero-order chi connectivity index (χ0) is 13.8. The van der Waals surface area contributed by atoms with Crippen molar-refractivity contribution in [1.82, 2.24) is 0 Å². The summed E-state index contributed by atoms with van der Waals surface area (Å²) in [6, 6.07) is 11.9. The second kappa shape index (κ2) is 5.65. The third kappa shape index (κ3) is 3.41. The van der Waals surface area contributed by atoms with Crippen molar-refractivity contribution >= 4 is 11.6 Å². The Kier molecular flexibility index (Phi) is 3.95. The fourth-order valence-electron chi connectivity index (χ4n) is 1.95. The zero-order valence-corrected chi connectivity index (χ0v) is 11.6. The minimum absolute atomic E-state index is 0.00648. The van der Waals surface area contributed by atoms with Crippen molar-refractivity contribution in [2.75, 3.05) is 5.32 Å². The number of nitrogens with one attached hydrogen (secondary N) is 1. The van der Waals surface area contributed by atoms with Gasteiger partial charge in [-0.2, -0.15) is 4.57 Å². The Hall–Kier alpha value is -2.16. The van der Waals surface area contributed by atoms with E-state index in [1.807, 2.05) is 67.9 Å². The van der Waals surface area contributed by atoms with Gasteiger partial charge < -0.3 is 5.32 Å². The maximum Gasteiger partial charge on any atom is 0.290 e. The summed E-state index contributed by atoms with van der Waals surface area (Å²) in [4.78, 5) is 12.1. The largest absolute Gasteiger partial charge is 0.320 e. The van der Waals surface area contributed by atoms with Crippen LogP contribution in [0.3, 0.4) is 0 Å². The third-order valence-electron chi connectivity index (χ3n) is 3.15. The van der Waals surface area contributed by atoms with Crippen LogP contribution >= 0.6 is 0 Å². The molecule has 0 unspecified atom stereocenters. The van der Waals surface area contributed by atoms with Crippen LogP contribution in [0.5, 0.6) is 0 Å². The van der Waals surface area contributed by atoms with Crippen LogP contribution in [0, 0.1) is 20.8 Å². The number of amides is 1. The molecule has 98 valence electrons. The summed E-state index contributed by atoms with van der Waals surface area (Å²) in [5, 5.41) is 2.97. The number of anilines is 1. The first-order valence-electron chi connectivity index (χ1n) is 6.38. The van der Waals surface area contributed by atoms with Gasteiger partial charge in [0.15, 0.2) is 11.9 Å². The minimum atomic E-state index is -0.00648. The van der Waals surface area contributed by atoms with Crippen LogP contribution in [0.4, 0.5) is 5.69 Å². The SMILES string of the molecule is Cc1ccc(C)c(NC(=O)C[n+]2ccccc2C)c1. The molecule has 0 aliphatic heterocycles. The second-order valence-corrected chi connectivity index (χ2v) is 4.84. The number of carbonyl (C=O) groups excluding carboxylic acids is 1. The topological polar surface area (TPSA) is 33.0 Å². The van der Waals surface area contributed by atoms with Crippen molar-refractivity contribution in [2.45, 2.75) is 27.3 Å². The van der Waals surface area contributed by atoms with Crippen molar-refractivity contribution in [3.8, 4) is 0 Å². The van der Waals surface area contributed by atoms with E-state index in [-0.39, 0.29) is 5.91 Å². The molecule has 0 radical (unpaired) electrons. The van der Waals surface area contributed by atoms with E-state index in [4.69, 9.17) is 0 Å². The summed E-state index contributed by atoms with van der Waals surface area (Å²) in [5.74, 6) is -0.00648. The number of nitrogens with zero attached hydrogens (tertiary/aromatic N) is 1. The molecule has 0 saturated heterocycles. The summed E-state index contributed by atoms with van der Waals surface area (Å²) in [6.45, 7) is 6.34. The third-order valence-corrected chi connectivity index (χ3v) is 3.15. The van der Waals surface area contributed by atoms with Gasteiger partial charge in [0, 0.05) is 24.7 Å². The van der Waals surface area contributed by atoms with Crippen LogP contribution in [0.2, 0.25) is 0 Å². The Bertz CT molecular complexity index is 605. The summed E-state index contributed by atoms with van der Waals surface area (Å²) in [6.07, 6.45) is 1.91. The predicted octanol–water partition coefficient (Wildman–Crippen LogP) is 2.54. The zero-order valence-electron chi connectivity index (χ0n) is 11.6. The van der Waals surface area contributed by atoms with Crippen LogP contribution in [0.15, 0.2) is 42.6 Å². The van der Waals surface area contributed by atoms with Gasteiger partial charge in [-0.15, -0.1) is 0 Å². The number of pyridine rings is 1. The van der Waals surface area contributed by atoms with E-state index in [0.29, 0.717) is 6.54 Å². The molecular formula is C16H19N2O+. The molecule has 0 fully saturated rings. The van der Waals surface area contributed by atoms with Crippen molar-refractivity contribution in [3.63, 3.8) is 0 Å². The summed E-state index contributed by atoms with van der Waals surface area (Å²) in [7, 11) is 0. The van der Waals surface area contributed by atoms with Gasteiger partial charge in [-0.05, 0) is 31.0 Å². The highest BCUT2D eigenvalue weighted by Gasteiger charge is 2.12. The molecule has 2 rings (SSSR count). The highest BCUT2D eigenvalue weighted by atomic mass is 16.1. The van der Waals surface area contributed by atoms with Gasteiger partial charge in [0.1, 0.15) is 0 Å². The molecule has 0 aliphatic carbocycles. The van der Waals surface area contributed by atoms with E-state index < -0.39 is 0 Å². The van der Waals surface area contributed by atoms with Crippen LogP contribution in [0.25, 0.3) is 0 Å². The lowest BCUT2D eigenvalue weighted by Crippen LogP contribution is -2.42. The average molecular weight is 255 g/mol. The number of rotatable bonds is 3. The smallest absolute Gasteiger partial charge is 0.290 e. The molecule has 1 N–H and O–H groups in total. The molecule has 1 aromatic carbocycles. The summed E-state index contributed by atoms with van der Waals surface area (Å²) < 4.78 is 1.93. The minimum Gasteiger partial charge on any atom is -0.320 e.